The molecule has 0 aliphatic carbocycles. The highest BCUT2D eigenvalue weighted by molar-refractivity contribution is 5.76. The number of likely N-dealkylation sites (tertiary alicyclic amines) is 1. The van der Waals surface area contributed by atoms with Crippen LogP contribution in [0.15, 0.2) is 42.7 Å². The van der Waals surface area contributed by atoms with Crippen molar-refractivity contribution in [3.63, 3.8) is 0 Å². The number of piperidine rings is 1. The Morgan fingerprint density at radius 2 is 2.06 bits per heavy atom. The van der Waals surface area contributed by atoms with E-state index in [-0.39, 0.29) is 11.8 Å². The van der Waals surface area contributed by atoms with Crippen molar-refractivity contribution in [2.75, 3.05) is 18.4 Å². The Kier molecular flexibility index (Phi) is 6.30. The number of aromatic nitrogens is 4. The first-order valence-corrected chi connectivity index (χ1v) is 10.9. The molecule has 31 heavy (non-hydrogen) atoms. The highest BCUT2D eigenvalue weighted by Gasteiger charge is 2.26. The van der Waals surface area contributed by atoms with Gasteiger partial charge in [-0.3, -0.25) is 14.5 Å². The maximum Gasteiger partial charge on any atom is 0.224 e. The summed E-state index contributed by atoms with van der Waals surface area (Å²) in [4.78, 5) is 24.0. The Balaban J connectivity index is 1.43. The molecule has 1 N–H and O–H groups in total. The van der Waals surface area contributed by atoms with Crippen LogP contribution in [0.5, 0.6) is 0 Å². The standard InChI is InChI=1S/C24H30N6O/c1-17-6-4-10-25-24(17)27-21-14-19(3)26-22(15-21)20-7-5-11-29(16-20)23(31)9-13-30-12-8-18(2)28-30/h4,6,8,10,12,14-15,20H,5,7,9,11,13,16H2,1-3H3,(H,25,26,27). The highest BCUT2D eigenvalue weighted by atomic mass is 16.2. The van der Waals surface area contributed by atoms with Gasteiger partial charge in [0.05, 0.1) is 5.69 Å². The summed E-state index contributed by atoms with van der Waals surface area (Å²) in [5, 5.41) is 7.80. The minimum atomic E-state index is 0.188. The van der Waals surface area contributed by atoms with E-state index in [9.17, 15) is 4.79 Å². The second kappa shape index (κ2) is 9.29. The predicted molar refractivity (Wildman–Crippen MR) is 121 cm³/mol. The summed E-state index contributed by atoms with van der Waals surface area (Å²) in [6.45, 7) is 8.17. The average Bonchev–Trinajstić information content (AvgIpc) is 3.18. The van der Waals surface area contributed by atoms with Crippen LogP contribution < -0.4 is 5.32 Å². The number of hydrogen-bond acceptors (Lipinski definition) is 5. The van der Waals surface area contributed by atoms with Crippen LogP contribution in [0.25, 0.3) is 0 Å². The zero-order chi connectivity index (χ0) is 21.8. The second-order valence-corrected chi connectivity index (χ2v) is 8.37. The average molecular weight is 419 g/mol. The molecule has 0 radical (unpaired) electrons. The lowest BCUT2D eigenvalue weighted by Gasteiger charge is -2.33. The van der Waals surface area contributed by atoms with Crippen molar-refractivity contribution in [2.45, 2.75) is 52.5 Å². The zero-order valence-electron chi connectivity index (χ0n) is 18.5. The molecule has 7 nitrogen and oxygen atoms in total. The van der Waals surface area contributed by atoms with Gasteiger partial charge in [0.15, 0.2) is 0 Å². The van der Waals surface area contributed by atoms with Gasteiger partial charge in [0.2, 0.25) is 5.91 Å². The largest absolute Gasteiger partial charge is 0.342 e. The molecule has 1 aliphatic rings. The maximum absolute atomic E-state index is 12.8. The van der Waals surface area contributed by atoms with Gasteiger partial charge in [-0.05, 0) is 63.4 Å². The summed E-state index contributed by atoms with van der Waals surface area (Å²) in [5.41, 5.74) is 5.06. The van der Waals surface area contributed by atoms with Crippen molar-refractivity contribution in [3.05, 3.63) is 65.4 Å². The van der Waals surface area contributed by atoms with Gasteiger partial charge in [-0.25, -0.2) is 4.98 Å². The Morgan fingerprint density at radius 3 is 2.84 bits per heavy atom. The van der Waals surface area contributed by atoms with Crippen LogP contribution in [-0.4, -0.2) is 43.6 Å². The van der Waals surface area contributed by atoms with E-state index in [1.54, 1.807) is 6.20 Å². The molecule has 1 saturated heterocycles. The van der Waals surface area contributed by atoms with Crippen LogP contribution in [0.3, 0.4) is 0 Å². The lowest BCUT2D eigenvalue weighted by molar-refractivity contribution is -0.132. The summed E-state index contributed by atoms with van der Waals surface area (Å²) >= 11 is 0. The number of aryl methyl sites for hydroxylation is 4. The van der Waals surface area contributed by atoms with Crippen LogP contribution in [0, 0.1) is 20.8 Å². The summed E-state index contributed by atoms with van der Waals surface area (Å²) in [5.74, 6) is 1.29. The fourth-order valence-corrected chi connectivity index (χ4v) is 4.13. The fourth-order valence-electron chi connectivity index (χ4n) is 4.13. The van der Waals surface area contributed by atoms with Gasteiger partial charge in [0.25, 0.3) is 0 Å². The Labute approximate surface area is 183 Å². The maximum atomic E-state index is 12.8. The predicted octanol–water partition coefficient (Wildman–Crippen LogP) is 4.14. The van der Waals surface area contributed by atoms with Crippen LogP contribution in [-0.2, 0) is 11.3 Å². The molecule has 1 amide bonds. The van der Waals surface area contributed by atoms with E-state index in [2.05, 4.69) is 21.5 Å². The monoisotopic (exact) mass is 418 g/mol. The van der Waals surface area contributed by atoms with Crippen LogP contribution in [0.1, 0.15) is 47.8 Å². The Hall–Kier alpha value is -3.22. The van der Waals surface area contributed by atoms with E-state index in [0.717, 1.165) is 60.1 Å². The van der Waals surface area contributed by atoms with Crippen molar-refractivity contribution >= 4 is 17.4 Å². The number of rotatable bonds is 6. The van der Waals surface area contributed by atoms with E-state index in [1.807, 2.05) is 60.8 Å². The van der Waals surface area contributed by atoms with Crippen molar-refractivity contribution in [1.29, 1.82) is 0 Å². The third-order valence-electron chi connectivity index (χ3n) is 5.77. The molecule has 3 aromatic rings. The van der Waals surface area contributed by atoms with Crippen LogP contribution in [0.2, 0.25) is 0 Å². The summed E-state index contributed by atoms with van der Waals surface area (Å²) in [6.07, 6.45) is 6.23. The van der Waals surface area contributed by atoms with E-state index in [4.69, 9.17) is 4.98 Å². The minimum Gasteiger partial charge on any atom is -0.342 e. The molecular formula is C24H30N6O. The molecule has 4 rings (SSSR count). The lowest BCUT2D eigenvalue weighted by atomic mass is 9.93. The first-order chi connectivity index (χ1) is 15.0. The van der Waals surface area contributed by atoms with E-state index in [0.29, 0.717) is 13.0 Å². The molecule has 1 atom stereocenters. The van der Waals surface area contributed by atoms with E-state index >= 15 is 0 Å². The zero-order valence-corrected chi connectivity index (χ0v) is 18.5. The number of amides is 1. The first-order valence-electron chi connectivity index (χ1n) is 10.9. The van der Waals surface area contributed by atoms with Crippen molar-refractivity contribution in [2.24, 2.45) is 0 Å². The van der Waals surface area contributed by atoms with Crippen molar-refractivity contribution in [1.82, 2.24) is 24.6 Å². The number of anilines is 2. The van der Waals surface area contributed by atoms with Gasteiger partial charge in [-0.2, -0.15) is 5.10 Å². The second-order valence-electron chi connectivity index (χ2n) is 8.37. The number of carbonyl (C=O) groups excluding carboxylic acids is 1. The summed E-state index contributed by atoms with van der Waals surface area (Å²) < 4.78 is 1.84. The molecule has 1 fully saturated rings. The van der Waals surface area contributed by atoms with Crippen LogP contribution in [0.4, 0.5) is 11.5 Å². The molecule has 7 heteroatoms. The van der Waals surface area contributed by atoms with Crippen LogP contribution >= 0.6 is 0 Å². The van der Waals surface area contributed by atoms with Gasteiger partial charge in [0.1, 0.15) is 5.82 Å². The van der Waals surface area contributed by atoms with Crippen molar-refractivity contribution < 1.29 is 4.79 Å². The smallest absolute Gasteiger partial charge is 0.224 e. The molecule has 0 bridgehead atoms. The minimum absolute atomic E-state index is 0.188. The quantitative estimate of drug-likeness (QED) is 0.651. The molecule has 1 aliphatic heterocycles. The highest BCUT2D eigenvalue weighted by Crippen LogP contribution is 2.29. The Bertz CT molecular complexity index is 1060. The molecule has 162 valence electrons. The number of nitrogens with zero attached hydrogens (tertiary/aromatic N) is 5. The normalized spacial score (nSPS) is 16.4. The number of hydrogen-bond donors (Lipinski definition) is 1. The summed E-state index contributed by atoms with van der Waals surface area (Å²) in [7, 11) is 0. The van der Waals surface area contributed by atoms with Crippen molar-refractivity contribution in [3.8, 4) is 0 Å². The third-order valence-corrected chi connectivity index (χ3v) is 5.77. The van der Waals surface area contributed by atoms with Gasteiger partial charge in [-0.15, -0.1) is 0 Å². The molecular weight excluding hydrogens is 388 g/mol. The third kappa shape index (κ3) is 5.29. The molecule has 4 heterocycles. The molecule has 0 saturated carbocycles. The van der Waals surface area contributed by atoms with E-state index < -0.39 is 0 Å². The number of pyridine rings is 2. The van der Waals surface area contributed by atoms with Gasteiger partial charge >= 0.3 is 0 Å². The van der Waals surface area contributed by atoms with E-state index in [1.165, 1.54) is 0 Å². The number of nitrogens with one attached hydrogen (secondary N) is 1. The van der Waals surface area contributed by atoms with Gasteiger partial charge in [0, 0.05) is 61.4 Å². The topological polar surface area (TPSA) is 75.9 Å². The summed E-state index contributed by atoms with van der Waals surface area (Å²) in [6, 6.07) is 10.1. The first kappa shape index (κ1) is 21.0. The van der Waals surface area contributed by atoms with Gasteiger partial charge < -0.3 is 10.2 Å². The molecule has 0 spiro atoms. The Morgan fingerprint density at radius 1 is 1.19 bits per heavy atom. The fraction of sp³-hybridized carbons (Fsp3) is 0.417. The molecule has 1 unspecified atom stereocenters. The lowest BCUT2D eigenvalue weighted by Crippen LogP contribution is -2.39. The molecule has 0 aromatic carbocycles. The number of carbonyl (C=O) groups is 1. The molecule has 3 aromatic heterocycles. The SMILES string of the molecule is Cc1cc(Nc2ncccc2C)cc(C2CCCN(C(=O)CCn3ccc(C)n3)C2)n1. The van der Waals surface area contributed by atoms with Gasteiger partial charge in [-0.1, -0.05) is 6.07 Å².